The highest BCUT2D eigenvalue weighted by Crippen LogP contribution is 2.24. The van der Waals surface area contributed by atoms with Gasteiger partial charge in [0.15, 0.2) is 17.3 Å². The molecule has 0 aliphatic carbocycles. The van der Waals surface area contributed by atoms with E-state index in [-0.39, 0.29) is 5.91 Å². The third-order valence-electron chi connectivity index (χ3n) is 4.07. The Balaban J connectivity index is 1.68. The van der Waals surface area contributed by atoms with Crippen molar-refractivity contribution in [2.75, 3.05) is 18.5 Å². The van der Waals surface area contributed by atoms with Gasteiger partial charge in [-0.2, -0.15) is 5.10 Å². The zero-order chi connectivity index (χ0) is 18.2. The van der Waals surface area contributed by atoms with E-state index in [9.17, 15) is 4.79 Å². The fourth-order valence-electron chi connectivity index (χ4n) is 2.73. The van der Waals surface area contributed by atoms with Crippen LogP contribution in [0.25, 0.3) is 5.65 Å². The summed E-state index contributed by atoms with van der Waals surface area (Å²) in [6, 6.07) is 0. The molecule has 1 N–H and O–H groups in total. The average Bonchev–Trinajstić information content (AvgIpc) is 3.17. The van der Waals surface area contributed by atoms with E-state index in [1.165, 1.54) is 6.33 Å². The van der Waals surface area contributed by atoms with Gasteiger partial charge in [0, 0.05) is 44.8 Å². The molecule has 9 heteroatoms. The number of carbonyl (C=O) groups excluding carboxylic acids is 1. The van der Waals surface area contributed by atoms with E-state index in [0.29, 0.717) is 17.9 Å². The Labute approximate surface area is 151 Å². The number of hydrogen-bond acceptors (Lipinski definition) is 7. The van der Waals surface area contributed by atoms with E-state index in [2.05, 4.69) is 30.4 Å². The molecule has 0 aliphatic heterocycles. The minimum atomic E-state index is 0.0915. The largest absolute Gasteiger partial charge is 0.359 e. The van der Waals surface area contributed by atoms with Crippen molar-refractivity contribution < 1.29 is 4.79 Å². The molecule has 3 rings (SSSR count). The molecule has 3 aromatic heterocycles. The number of aromatic nitrogens is 6. The summed E-state index contributed by atoms with van der Waals surface area (Å²) in [4.78, 5) is 30.6. The summed E-state index contributed by atoms with van der Waals surface area (Å²) in [7, 11) is 1.67. The van der Waals surface area contributed by atoms with E-state index >= 15 is 0 Å². The molecule has 1 amide bonds. The summed E-state index contributed by atoms with van der Waals surface area (Å²) in [5.41, 5.74) is 0.678. The molecule has 0 spiro atoms. The molecule has 0 bridgehead atoms. The number of anilines is 2. The number of carbonyl (C=O) groups is 1. The third-order valence-corrected chi connectivity index (χ3v) is 4.07. The van der Waals surface area contributed by atoms with E-state index in [4.69, 9.17) is 0 Å². The minimum Gasteiger partial charge on any atom is -0.359 e. The highest BCUT2D eigenvalue weighted by molar-refractivity contribution is 5.75. The first kappa shape index (κ1) is 17.7. The third kappa shape index (κ3) is 4.29. The average molecular weight is 354 g/mol. The van der Waals surface area contributed by atoms with Gasteiger partial charge >= 0.3 is 0 Å². The predicted molar refractivity (Wildman–Crippen MR) is 97.0 cm³/mol. The summed E-state index contributed by atoms with van der Waals surface area (Å²) < 4.78 is 1.69. The van der Waals surface area contributed by atoms with Crippen LogP contribution in [0.1, 0.15) is 32.1 Å². The smallest absolute Gasteiger partial charge is 0.219 e. The van der Waals surface area contributed by atoms with E-state index in [1.807, 2.05) is 4.90 Å². The number of amides is 1. The number of nitrogens with one attached hydrogen (secondary N) is 1. The maximum absolute atomic E-state index is 11.3. The number of unbranched alkanes of at least 4 members (excludes halogenated alkanes) is 3. The van der Waals surface area contributed by atoms with Crippen LogP contribution < -0.4 is 10.2 Å². The Hall–Kier alpha value is -3.10. The minimum absolute atomic E-state index is 0.0915. The number of hydrogen-bond donors (Lipinski definition) is 1. The molecule has 26 heavy (non-hydrogen) atoms. The molecule has 0 atom stereocenters. The van der Waals surface area contributed by atoms with Gasteiger partial charge in [-0.15, -0.1) is 0 Å². The van der Waals surface area contributed by atoms with Gasteiger partial charge < -0.3 is 10.2 Å². The van der Waals surface area contributed by atoms with Gasteiger partial charge in [0.1, 0.15) is 6.33 Å². The van der Waals surface area contributed by atoms with Crippen molar-refractivity contribution in [3.05, 3.63) is 37.3 Å². The highest BCUT2D eigenvalue weighted by Gasteiger charge is 2.16. The molecular weight excluding hydrogens is 332 g/mol. The summed E-state index contributed by atoms with van der Waals surface area (Å²) in [5.74, 6) is 1.52. The SMILES string of the molecule is CNC(=O)CCCCCCN(c1cnccn1)c1nccn2ncnc12. The molecule has 0 fully saturated rings. The summed E-state index contributed by atoms with van der Waals surface area (Å²) in [6.07, 6.45) is 14.4. The van der Waals surface area contributed by atoms with E-state index in [0.717, 1.165) is 38.0 Å². The van der Waals surface area contributed by atoms with Crippen LogP contribution in [-0.2, 0) is 4.79 Å². The zero-order valence-corrected chi connectivity index (χ0v) is 14.7. The molecule has 0 saturated carbocycles. The van der Waals surface area contributed by atoms with E-state index < -0.39 is 0 Å². The van der Waals surface area contributed by atoms with Crippen LogP contribution in [0, 0.1) is 0 Å². The summed E-state index contributed by atoms with van der Waals surface area (Å²) >= 11 is 0. The van der Waals surface area contributed by atoms with Crippen molar-refractivity contribution in [1.29, 1.82) is 0 Å². The van der Waals surface area contributed by atoms with Crippen LogP contribution in [0.3, 0.4) is 0 Å². The van der Waals surface area contributed by atoms with E-state index in [1.54, 1.807) is 42.5 Å². The number of fused-ring (bicyclic) bond motifs is 1. The lowest BCUT2D eigenvalue weighted by atomic mass is 10.1. The second-order valence-electron chi connectivity index (χ2n) is 5.83. The lowest BCUT2D eigenvalue weighted by molar-refractivity contribution is -0.120. The fourth-order valence-corrected chi connectivity index (χ4v) is 2.73. The zero-order valence-electron chi connectivity index (χ0n) is 14.7. The Bertz CT molecular complexity index is 835. The van der Waals surface area contributed by atoms with Crippen molar-refractivity contribution >= 4 is 23.2 Å². The van der Waals surface area contributed by atoms with Gasteiger partial charge in [0.05, 0.1) is 6.20 Å². The second kappa shape index (κ2) is 8.84. The summed E-state index contributed by atoms with van der Waals surface area (Å²) in [6.45, 7) is 0.734. The molecule has 0 radical (unpaired) electrons. The fraction of sp³-hybridized carbons (Fsp3) is 0.412. The van der Waals surface area contributed by atoms with Crippen LogP contribution >= 0.6 is 0 Å². The van der Waals surface area contributed by atoms with Crippen LogP contribution in [-0.4, -0.2) is 49.0 Å². The Kier molecular flexibility index (Phi) is 6.02. The number of nitrogens with zero attached hydrogens (tertiary/aromatic N) is 7. The monoisotopic (exact) mass is 354 g/mol. The molecule has 0 aliphatic rings. The second-order valence-corrected chi connectivity index (χ2v) is 5.83. The lowest BCUT2D eigenvalue weighted by Crippen LogP contribution is -2.22. The molecule has 0 unspecified atom stereocenters. The van der Waals surface area contributed by atoms with Crippen LogP contribution in [0.2, 0.25) is 0 Å². The first-order chi connectivity index (χ1) is 12.8. The van der Waals surface area contributed by atoms with Gasteiger partial charge in [-0.3, -0.25) is 9.78 Å². The van der Waals surface area contributed by atoms with Gasteiger partial charge in [0.2, 0.25) is 5.91 Å². The topological polar surface area (TPSA) is 101 Å². The van der Waals surface area contributed by atoms with Crippen molar-refractivity contribution in [2.24, 2.45) is 0 Å². The number of rotatable bonds is 9. The molecule has 3 aromatic rings. The van der Waals surface area contributed by atoms with Crippen molar-refractivity contribution in [1.82, 2.24) is 34.9 Å². The van der Waals surface area contributed by atoms with Crippen molar-refractivity contribution in [2.45, 2.75) is 32.1 Å². The standard InChI is InChI=1S/C17H22N8O/c1-18-15(26)6-4-2-3-5-10-24(14-12-19-7-8-20-14)16-17-22-13-23-25(17)11-9-21-16/h7-9,11-13H,2-6,10H2,1H3,(H,18,26). The van der Waals surface area contributed by atoms with Gasteiger partial charge in [-0.05, 0) is 12.8 Å². The van der Waals surface area contributed by atoms with Crippen LogP contribution in [0.4, 0.5) is 11.6 Å². The lowest BCUT2D eigenvalue weighted by Gasteiger charge is -2.22. The Morgan fingerprint density at radius 2 is 2.00 bits per heavy atom. The maximum atomic E-state index is 11.3. The van der Waals surface area contributed by atoms with Crippen molar-refractivity contribution in [3.63, 3.8) is 0 Å². The molecule has 3 heterocycles. The molecule has 0 saturated heterocycles. The quantitative estimate of drug-likeness (QED) is 0.584. The van der Waals surface area contributed by atoms with Crippen LogP contribution in [0.5, 0.6) is 0 Å². The Morgan fingerprint density at radius 3 is 2.81 bits per heavy atom. The first-order valence-corrected chi connectivity index (χ1v) is 8.68. The predicted octanol–water partition coefficient (Wildman–Crippen LogP) is 1.75. The Morgan fingerprint density at radius 1 is 1.12 bits per heavy atom. The molecule has 136 valence electrons. The molecular formula is C17H22N8O. The van der Waals surface area contributed by atoms with Crippen LogP contribution in [0.15, 0.2) is 37.3 Å². The normalized spacial score (nSPS) is 10.8. The van der Waals surface area contributed by atoms with Gasteiger partial charge in [-0.1, -0.05) is 12.8 Å². The van der Waals surface area contributed by atoms with Gasteiger partial charge in [-0.25, -0.2) is 19.5 Å². The summed E-state index contributed by atoms with van der Waals surface area (Å²) in [5, 5.41) is 6.81. The maximum Gasteiger partial charge on any atom is 0.219 e. The van der Waals surface area contributed by atoms with Gasteiger partial charge in [0.25, 0.3) is 0 Å². The highest BCUT2D eigenvalue weighted by atomic mass is 16.1. The molecule has 9 nitrogen and oxygen atoms in total. The van der Waals surface area contributed by atoms with Crippen molar-refractivity contribution in [3.8, 4) is 0 Å². The molecule has 0 aromatic carbocycles. The first-order valence-electron chi connectivity index (χ1n) is 8.68.